The normalized spacial score (nSPS) is 15.7. The van der Waals surface area contributed by atoms with E-state index in [1.54, 1.807) is 5.57 Å². The van der Waals surface area contributed by atoms with Crippen LogP contribution in [0.4, 0.5) is 0 Å². The highest BCUT2D eigenvalue weighted by Gasteiger charge is 2.03. The van der Waals surface area contributed by atoms with Gasteiger partial charge in [0.1, 0.15) is 0 Å². The molecular weight excluding hydrogens is 270 g/mol. The van der Waals surface area contributed by atoms with Gasteiger partial charge in [-0.1, -0.05) is 11.6 Å². The molecule has 1 aliphatic carbocycles. The Bertz CT molecular complexity index is 343. The lowest BCUT2D eigenvalue weighted by molar-refractivity contribution is 0.681. The summed E-state index contributed by atoms with van der Waals surface area (Å²) in [6.07, 6.45) is 7.63. The Labute approximate surface area is 104 Å². The predicted octanol–water partition coefficient (Wildman–Crippen LogP) is 4.10. The maximum atomic E-state index is 3.49. The SMILES string of the molecule is Brc1csc(CNCCC2=CCCC2)c1. The fourth-order valence-electron chi connectivity index (χ4n) is 1.87. The molecule has 0 radical (unpaired) electrons. The average molecular weight is 286 g/mol. The van der Waals surface area contributed by atoms with Gasteiger partial charge in [-0.25, -0.2) is 0 Å². The van der Waals surface area contributed by atoms with Crippen LogP contribution in [-0.2, 0) is 6.54 Å². The summed E-state index contributed by atoms with van der Waals surface area (Å²) in [6.45, 7) is 2.12. The van der Waals surface area contributed by atoms with Crippen molar-refractivity contribution in [2.45, 2.75) is 32.2 Å². The molecule has 0 spiro atoms. The first-order valence-corrected chi connectivity index (χ1v) is 7.13. The van der Waals surface area contributed by atoms with E-state index in [4.69, 9.17) is 0 Å². The molecule has 0 bridgehead atoms. The van der Waals surface area contributed by atoms with E-state index in [1.807, 2.05) is 11.3 Å². The summed E-state index contributed by atoms with van der Waals surface area (Å²) in [4.78, 5) is 1.40. The Morgan fingerprint density at radius 3 is 3.07 bits per heavy atom. The topological polar surface area (TPSA) is 12.0 Å². The van der Waals surface area contributed by atoms with Crippen LogP contribution in [0.3, 0.4) is 0 Å². The lowest BCUT2D eigenvalue weighted by Gasteiger charge is -2.03. The first-order valence-electron chi connectivity index (χ1n) is 5.46. The van der Waals surface area contributed by atoms with Gasteiger partial charge in [-0.15, -0.1) is 11.3 Å². The Kier molecular flexibility index (Phi) is 4.42. The van der Waals surface area contributed by atoms with Gasteiger partial charge in [0.15, 0.2) is 0 Å². The highest BCUT2D eigenvalue weighted by Crippen LogP contribution is 2.21. The second-order valence-electron chi connectivity index (χ2n) is 3.91. The van der Waals surface area contributed by atoms with Crippen molar-refractivity contribution in [2.24, 2.45) is 0 Å². The zero-order chi connectivity index (χ0) is 10.5. The van der Waals surface area contributed by atoms with Crippen LogP contribution in [0.25, 0.3) is 0 Å². The Morgan fingerprint density at radius 1 is 1.47 bits per heavy atom. The Hall–Kier alpha value is -0.120. The van der Waals surface area contributed by atoms with E-state index in [2.05, 4.69) is 38.8 Å². The largest absolute Gasteiger partial charge is 0.312 e. The summed E-state index contributed by atoms with van der Waals surface area (Å²) in [6, 6.07) is 2.19. The third-order valence-electron chi connectivity index (χ3n) is 2.68. The van der Waals surface area contributed by atoms with Gasteiger partial charge in [-0.2, -0.15) is 0 Å². The van der Waals surface area contributed by atoms with Crippen molar-refractivity contribution in [1.29, 1.82) is 0 Å². The number of rotatable bonds is 5. The molecule has 0 atom stereocenters. The summed E-state index contributed by atoms with van der Waals surface area (Å²) in [5, 5.41) is 5.63. The molecule has 0 saturated carbocycles. The minimum absolute atomic E-state index is 1.00. The average Bonchev–Trinajstić information content (AvgIpc) is 2.84. The molecular formula is C12H16BrNS. The quantitative estimate of drug-likeness (QED) is 0.634. The van der Waals surface area contributed by atoms with Crippen molar-refractivity contribution in [1.82, 2.24) is 5.32 Å². The number of halogens is 1. The Morgan fingerprint density at radius 2 is 2.40 bits per heavy atom. The maximum absolute atomic E-state index is 3.49. The molecule has 1 aromatic heterocycles. The molecule has 0 aromatic carbocycles. The number of hydrogen-bond acceptors (Lipinski definition) is 2. The van der Waals surface area contributed by atoms with Gasteiger partial charge in [-0.05, 0) is 54.2 Å². The molecule has 1 heterocycles. The highest BCUT2D eigenvalue weighted by molar-refractivity contribution is 9.10. The third kappa shape index (κ3) is 3.74. The summed E-state index contributed by atoms with van der Waals surface area (Å²) >= 11 is 5.28. The van der Waals surface area contributed by atoms with Crippen LogP contribution in [0.5, 0.6) is 0 Å². The van der Waals surface area contributed by atoms with Crippen LogP contribution in [0.1, 0.15) is 30.6 Å². The van der Waals surface area contributed by atoms with E-state index >= 15 is 0 Å². The molecule has 0 fully saturated rings. The molecule has 82 valence electrons. The van der Waals surface area contributed by atoms with Crippen molar-refractivity contribution >= 4 is 27.3 Å². The summed E-state index contributed by atoms with van der Waals surface area (Å²) in [7, 11) is 0. The summed E-state index contributed by atoms with van der Waals surface area (Å²) in [5.41, 5.74) is 1.65. The van der Waals surface area contributed by atoms with Gasteiger partial charge < -0.3 is 5.32 Å². The van der Waals surface area contributed by atoms with Gasteiger partial charge in [0.25, 0.3) is 0 Å². The maximum Gasteiger partial charge on any atom is 0.0300 e. The molecule has 15 heavy (non-hydrogen) atoms. The molecule has 1 N–H and O–H groups in total. The molecule has 1 nitrogen and oxygen atoms in total. The number of allylic oxidation sites excluding steroid dienone is 1. The molecule has 3 heteroatoms. The van der Waals surface area contributed by atoms with Crippen molar-refractivity contribution < 1.29 is 0 Å². The van der Waals surface area contributed by atoms with E-state index in [1.165, 1.54) is 35.0 Å². The predicted molar refractivity (Wildman–Crippen MR) is 70.3 cm³/mol. The van der Waals surface area contributed by atoms with Crippen molar-refractivity contribution in [3.05, 3.63) is 32.4 Å². The van der Waals surface area contributed by atoms with Crippen LogP contribution < -0.4 is 5.32 Å². The molecule has 1 aliphatic rings. The molecule has 0 saturated heterocycles. The van der Waals surface area contributed by atoms with Gasteiger partial charge in [0, 0.05) is 21.3 Å². The number of hydrogen-bond donors (Lipinski definition) is 1. The summed E-state index contributed by atoms with van der Waals surface area (Å²) < 4.78 is 1.20. The van der Waals surface area contributed by atoms with Crippen LogP contribution in [-0.4, -0.2) is 6.54 Å². The van der Waals surface area contributed by atoms with Gasteiger partial charge >= 0.3 is 0 Å². The second kappa shape index (κ2) is 5.83. The van der Waals surface area contributed by atoms with E-state index < -0.39 is 0 Å². The molecule has 0 amide bonds. The summed E-state index contributed by atoms with van der Waals surface area (Å²) in [5.74, 6) is 0. The minimum Gasteiger partial charge on any atom is -0.312 e. The molecule has 1 aromatic rings. The molecule has 2 rings (SSSR count). The van der Waals surface area contributed by atoms with E-state index in [9.17, 15) is 0 Å². The minimum atomic E-state index is 1.00. The highest BCUT2D eigenvalue weighted by atomic mass is 79.9. The smallest absolute Gasteiger partial charge is 0.0300 e. The van der Waals surface area contributed by atoms with E-state index in [0.29, 0.717) is 0 Å². The zero-order valence-corrected chi connectivity index (χ0v) is 11.2. The number of thiophene rings is 1. The monoisotopic (exact) mass is 285 g/mol. The first kappa shape index (κ1) is 11.4. The number of nitrogens with one attached hydrogen (secondary N) is 1. The van der Waals surface area contributed by atoms with Gasteiger partial charge in [0.05, 0.1) is 0 Å². The van der Waals surface area contributed by atoms with Crippen molar-refractivity contribution in [2.75, 3.05) is 6.54 Å². The van der Waals surface area contributed by atoms with Gasteiger partial charge in [0.2, 0.25) is 0 Å². The molecule has 0 aliphatic heterocycles. The second-order valence-corrected chi connectivity index (χ2v) is 5.82. The van der Waals surface area contributed by atoms with Crippen LogP contribution in [0.2, 0.25) is 0 Å². The fourth-order valence-corrected chi connectivity index (χ4v) is 3.29. The zero-order valence-electron chi connectivity index (χ0n) is 8.76. The van der Waals surface area contributed by atoms with Crippen LogP contribution >= 0.6 is 27.3 Å². The Balaban J connectivity index is 1.62. The van der Waals surface area contributed by atoms with E-state index in [-0.39, 0.29) is 0 Å². The van der Waals surface area contributed by atoms with Crippen molar-refractivity contribution in [3.8, 4) is 0 Å². The van der Waals surface area contributed by atoms with Crippen molar-refractivity contribution in [3.63, 3.8) is 0 Å². The van der Waals surface area contributed by atoms with E-state index in [0.717, 1.165) is 13.1 Å². The first-order chi connectivity index (χ1) is 7.34. The van der Waals surface area contributed by atoms with Crippen LogP contribution in [0.15, 0.2) is 27.6 Å². The lowest BCUT2D eigenvalue weighted by Crippen LogP contribution is -2.14. The standard InChI is InChI=1S/C12H16BrNS/c13-11-7-12(15-9-11)8-14-6-5-10-3-1-2-4-10/h3,7,9,14H,1-2,4-6,8H2. The lowest BCUT2D eigenvalue weighted by atomic mass is 10.2. The van der Waals surface area contributed by atoms with Gasteiger partial charge in [-0.3, -0.25) is 0 Å². The fraction of sp³-hybridized carbons (Fsp3) is 0.500. The molecule has 0 unspecified atom stereocenters. The van der Waals surface area contributed by atoms with Crippen LogP contribution in [0, 0.1) is 0 Å². The third-order valence-corrected chi connectivity index (χ3v) is 4.38.